The van der Waals surface area contributed by atoms with Crippen molar-refractivity contribution in [3.63, 3.8) is 0 Å². The van der Waals surface area contributed by atoms with Crippen molar-refractivity contribution < 1.29 is 9.53 Å². The van der Waals surface area contributed by atoms with Crippen molar-refractivity contribution in [1.29, 1.82) is 0 Å². The number of esters is 1. The summed E-state index contributed by atoms with van der Waals surface area (Å²) in [5.41, 5.74) is 1.11. The van der Waals surface area contributed by atoms with Crippen LogP contribution in [0.3, 0.4) is 0 Å². The van der Waals surface area contributed by atoms with Gasteiger partial charge in [0.1, 0.15) is 0 Å². The highest BCUT2D eigenvalue weighted by molar-refractivity contribution is 7.18. The van der Waals surface area contributed by atoms with Gasteiger partial charge in [0.15, 0.2) is 15.2 Å². The lowest BCUT2D eigenvalue weighted by Crippen LogP contribution is -2.25. The number of halogens is 1. The lowest BCUT2D eigenvalue weighted by molar-refractivity contribution is 0.0606. The Hall–Kier alpha value is -1.79. The van der Waals surface area contributed by atoms with E-state index in [1.54, 1.807) is 0 Å². The van der Waals surface area contributed by atoms with E-state index in [0.29, 0.717) is 10.9 Å². The maximum absolute atomic E-state index is 11.6. The zero-order valence-electron chi connectivity index (χ0n) is 12.1. The molecule has 1 aromatic carbocycles. The molecule has 0 bridgehead atoms. The van der Waals surface area contributed by atoms with Gasteiger partial charge in [-0.3, -0.25) is 0 Å². The van der Waals surface area contributed by atoms with E-state index >= 15 is 0 Å². The molecule has 1 aliphatic heterocycles. The number of aromatic nitrogens is 1. The quantitative estimate of drug-likeness (QED) is 0.868. The van der Waals surface area contributed by atoms with Gasteiger partial charge >= 0.3 is 5.97 Å². The molecule has 1 saturated heterocycles. The van der Waals surface area contributed by atoms with Crippen LogP contribution >= 0.6 is 22.9 Å². The molecule has 116 valence electrons. The van der Waals surface area contributed by atoms with Crippen LogP contribution in [0, 0.1) is 0 Å². The van der Waals surface area contributed by atoms with Crippen molar-refractivity contribution in [2.24, 2.45) is 0 Å². The molecule has 3 rings (SSSR count). The van der Waals surface area contributed by atoms with Gasteiger partial charge in [0, 0.05) is 24.8 Å². The number of para-hydroxylation sites is 1. The van der Waals surface area contributed by atoms with Gasteiger partial charge in [-0.05, 0) is 18.6 Å². The predicted molar refractivity (Wildman–Crippen MR) is 89.1 cm³/mol. The number of ether oxygens (including phenoxy) is 1. The summed E-state index contributed by atoms with van der Waals surface area (Å²) in [5.74, 6) is -0.438. The van der Waals surface area contributed by atoms with Crippen LogP contribution in [0.1, 0.15) is 16.1 Å². The zero-order valence-corrected chi connectivity index (χ0v) is 13.7. The Morgan fingerprint density at radius 1 is 1.45 bits per heavy atom. The number of anilines is 2. The number of methoxy groups -OCH3 is 1. The van der Waals surface area contributed by atoms with Crippen molar-refractivity contribution in [2.75, 3.05) is 30.4 Å². The number of hydrogen-bond acceptors (Lipinski definition) is 6. The van der Waals surface area contributed by atoms with Crippen LogP contribution in [0.5, 0.6) is 0 Å². The van der Waals surface area contributed by atoms with Crippen LogP contribution in [0.25, 0.3) is 0 Å². The zero-order chi connectivity index (χ0) is 15.5. The number of benzene rings is 1. The fourth-order valence-corrected chi connectivity index (χ4v) is 3.70. The van der Waals surface area contributed by atoms with E-state index < -0.39 is 5.97 Å². The molecule has 2 aromatic rings. The number of carbonyl (C=O) groups excluding carboxylic acids is 1. The molecule has 7 heteroatoms. The first-order valence-corrected chi connectivity index (χ1v) is 8.18. The Balaban J connectivity index is 1.66. The maximum atomic E-state index is 11.6. The lowest BCUT2D eigenvalue weighted by Gasteiger charge is -2.16. The molecule has 0 saturated carbocycles. The van der Waals surface area contributed by atoms with Crippen molar-refractivity contribution in [3.05, 3.63) is 40.4 Å². The second-order valence-corrected chi connectivity index (χ2v) is 6.39. The van der Waals surface area contributed by atoms with Gasteiger partial charge in [-0.25, -0.2) is 9.78 Å². The number of carbonyl (C=O) groups is 1. The number of nitrogens with one attached hydrogen (secondary N) is 1. The number of rotatable bonds is 4. The summed E-state index contributed by atoms with van der Waals surface area (Å²) in [6.07, 6.45) is 1.01. The average Bonchev–Trinajstić information content (AvgIpc) is 3.14. The Kier molecular flexibility index (Phi) is 4.49. The molecular formula is C15H16ClN3O2S. The van der Waals surface area contributed by atoms with Crippen molar-refractivity contribution in [3.8, 4) is 0 Å². The van der Waals surface area contributed by atoms with Crippen molar-refractivity contribution >= 4 is 39.7 Å². The van der Waals surface area contributed by atoms with Gasteiger partial charge in [-0.15, -0.1) is 0 Å². The minimum absolute atomic E-state index is 0.214. The molecule has 1 unspecified atom stereocenters. The summed E-state index contributed by atoms with van der Waals surface area (Å²) < 4.78 is 4.71. The highest BCUT2D eigenvalue weighted by Gasteiger charge is 2.27. The van der Waals surface area contributed by atoms with Crippen molar-refractivity contribution in [2.45, 2.75) is 12.5 Å². The number of hydrogen-bond donors (Lipinski definition) is 1. The summed E-state index contributed by atoms with van der Waals surface area (Å²) in [6, 6.07) is 10.5. The molecule has 1 atom stereocenters. The lowest BCUT2D eigenvalue weighted by atomic mass is 10.2. The predicted octanol–water partition coefficient (Wildman–Crippen LogP) is 3.27. The van der Waals surface area contributed by atoms with E-state index in [4.69, 9.17) is 16.3 Å². The third kappa shape index (κ3) is 3.18. The highest BCUT2D eigenvalue weighted by atomic mass is 35.5. The van der Waals surface area contributed by atoms with Crippen LogP contribution in [0.4, 0.5) is 10.8 Å². The molecule has 2 heterocycles. The van der Waals surface area contributed by atoms with Crippen LogP contribution in [-0.2, 0) is 4.74 Å². The van der Waals surface area contributed by atoms with Gasteiger partial charge < -0.3 is 15.0 Å². The molecule has 5 nitrogen and oxygen atoms in total. The summed E-state index contributed by atoms with van der Waals surface area (Å²) in [6.45, 7) is 1.72. The van der Waals surface area contributed by atoms with Gasteiger partial charge in [0.25, 0.3) is 0 Å². The Morgan fingerprint density at radius 2 is 2.23 bits per heavy atom. The number of nitrogens with zero attached hydrogens (tertiary/aromatic N) is 2. The summed E-state index contributed by atoms with van der Waals surface area (Å²) in [5, 5.41) is 4.49. The Morgan fingerprint density at radius 3 is 2.95 bits per heavy atom. The molecular weight excluding hydrogens is 322 g/mol. The second kappa shape index (κ2) is 6.54. The van der Waals surface area contributed by atoms with Crippen molar-refractivity contribution in [1.82, 2.24) is 4.98 Å². The van der Waals surface area contributed by atoms with Crippen LogP contribution < -0.4 is 10.2 Å². The first kappa shape index (κ1) is 15.1. The summed E-state index contributed by atoms with van der Waals surface area (Å²) in [7, 11) is 1.34. The molecule has 22 heavy (non-hydrogen) atoms. The first-order valence-electron chi connectivity index (χ1n) is 6.98. The smallest absolute Gasteiger partial charge is 0.351 e. The topological polar surface area (TPSA) is 54.5 Å². The number of thiazole rings is 1. The van der Waals surface area contributed by atoms with E-state index in [1.165, 1.54) is 18.4 Å². The summed E-state index contributed by atoms with van der Waals surface area (Å²) in [4.78, 5) is 18.4. The normalized spacial score (nSPS) is 17.5. The SMILES string of the molecule is COC(=O)c1sc(N2CCC(Nc3ccccc3)C2)nc1Cl. The third-order valence-corrected chi connectivity index (χ3v) is 5.03. The van der Waals surface area contributed by atoms with Gasteiger partial charge in [-0.2, -0.15) is 0 Å². The standard InChI is InChI=1S/C15H16ClN3O2S/c1-21-14(20)12-13(16)18-15(22-12)19-8-7-11(9-19)17-10-5-3-2-4-6-10/h2-6,11,17H,7-9H2,1H3. The molecule has 1 N–H and O–H groups in total. The molecule has 0 radical (unpaired) electrons. The largest absolute Gasteiger partial charge is 0.465 e. The molecule has 1 aliphatic rings. The fourth-order valence-electron chi connectivity index (χ4n) is 2.47. The van der Waals surface area contributed by atoms with E-state index in [0.717, 1.165) is 30.3 Å². The Labute approximate surface area is 137 Å². The molecule has 1 fully saturated rings. The van der Waals surface area contributed by atoms with Gasteiger partial charge in [-0.1, -0.05) is 41.1 Å². The van der Waals surface area contributed by atoms with E-state index in [-0.39, 0.29) is 5.15 Å². The van der Waals surface area contributed by atoms with Crippen LogP contribution in [0.2, 0.25) is 5.15 Å². The van der Waals surface area contributed by atoms with E-state index in [1.807, 2.05) is 18.2 Å². The Bertz CT molecular complexity index is 662. The first-order chi connectivity index (χ1) is 10.7. The van der Waals surface area contributed by atoms with Crippen LogP contribution in [-0.4, -0.2) is 37.2 Å². The minimum atomic E-state index is -0.438. The van der Waals surface area contributed by atoms with Crippen LogP contribution in [0.15, 0.2) is 30.3 Å². The maximum Gasteiger partial charge on any atom is 0.351 e. The average molecular weight is 338 g/mol. The molecule has 0 aliphatic carbocycles. The van der Waals surface area contributed by atoms with E-state index in [9.17, 15) is 4.79 Å². The monoisotopic (exact) mass is 337 g/mol. The molecule has 1 aromatic heterocycles. The fraction of sp³-hybridized carbons (Fsp3) is 0.333. The molecule has 0 spiro atoms. The molecule has 0 amide bonds. The second-order valence-electron chi connectivity index (χ2n) is 5.05. The van der Waals surface area contributed by atoms with E-state index in [2.05, 4.69) is 27.3 Å². The summed E-state index contributed by atoms with van der Waals surface area (Å²) >= 11 is 7.30. The van der Waals surface area contributed by atoms with Gasteiger partial charge in [0.05, 0.1) is 7.11 Å². The minimum Gasteiger partial charge on any atom is -0.465 e. The van der Waals surface area contributed by atoms with Gasteiger partial charge in [0.2, 0.25) is 0 Å². The highest BCUT2D eigenvalue weighted by Crippen LogP contribution is 2.32. The third-order valence-electron chi connectivity index (χ3n) is 3.55.